The molecule has 0 fully saturated rings. The summed E-state index contributed by atoms with van der Waals surface area (Å²) in [5, 5.41) is 2.81. The monoisotopic (exact) mass is 331 g/mol. The van der Waals surface area contributed by atoms with Crippen LogP contribution in [-0.2, 0) is 15.3 Å². The van der Waals surface area contributed by atoms with Crippen LogP contribution in [0, 0.1) is 0 Å². The third-order valence-corrected chi connectivity index (χ3v) is 4.68. The lowest BCUT2D eigenvalue weighted by molar-refractivity contribution is 0.102. The molecule has 0 aliphatic carbocycles. The standard InChI is InChI=1S/C18H21NO3S/c1-18(2,3)14-7-9-15(10-8-14)19-17(20)13-5-11-16(12-6-13)23(4,21)22/h5-12H,1-4H3,(H,19,20). The van der Waals surface area contributed by atoms with Gasteiger partial charge in [0.2, 0.25) is 0 Å². The number of anilines is 1. The summed E-state index contributed by atoms with van der Waals surface area (Å²) in [5.74, 6) is -0.270. The van der Waals surface area contributed by atoms with Crippen molar-refractivity contribution in [2.45, 2.75) is 31.1 Å². The first-order valence-electron chi connectivity index (χ1n) is 7.29. The minimum absolute atomic E-state index is 0.0595. The molecular weight excluding hydrogens is 310 g/mol. The van der Waals surface area contributed by atoms with Crippen LogP contribution in [0.15, 0.2) is 53.4 Å². The number of carbonyl (C=O) groups excluding carboxylic acids is 1. The lowest BCUT2D eigenvalue weighted by Crippen LogP contribution is -2.13. The number of hydrogen-bond donors (Lipinski definition) is 1. The van der Waals surface area contributed by atoms with Crippen molar-refractivity contribution in [2.24, 2.45) is 0 Å². The van der Waals surface area contributed by atoms with E-state index < -0.39 is 9.84 Å². The Morgan fingerprint density at radius 3 is 1.87 bits per heavy atom. The molecule has 2 aromatic carbocycles. The summed E-state index contributed by atoms with van der Waals surface area (Å²) >= 11 is 0. The van der Waals surface area contributed by atoms with E-state index in [4.69, 9.17) is 0 Å². The number of carbonyl (C=O) groups is 1. The van der Waals surface area contributed by atoms with Crippen LogP contribution in [-0.4, -0.2) is 20.6 Å². The van der Waals surface area contributed by atoms with Gasteiger partial charge in [0.05, 0.1) is 4.90 Å². The molecule has 0 unspecified atom stereocenters. The largest absolute Gasteiger partial charge is 0.322 e. The topological polar surface area (TPSA) is 63.2 Å². The van der Waals surface area contributed by atoms with Gasteiger partial charge in [0.25, 0.3) is 5.91 Å². The Hall–Kier alpha value is -2.14. The first-order valence-corrected chi connectivity index (χ1v) is 9.18. The SMILES string of the molecule is CC(C)(C)c1ccc(NC(=O)c2ccc(S(C)(=O)=O)cc2)cc1. The van der Waals surface area contributed by atoms with Gasteiger partial charge in [-0.1, -0.05) is 32.9 Å². The smallest absolute Gasteiger partial charge is 0.255 e. The summed E-state index contributed by atoms with van der Waals surface area (Å²) in [6, 6.07) is 13.6. The molecule has 0 saturated heterocycles. The molecule has 122 valence electrons. The van der Waals surface area contributed by atoms with Crippen molar-refractivity contribution < 1.29 is 13.2 Å². The van der Waals surface area contributed by atoms with E-state index in [0.717, 1.165) is 6.26 Å². The first kappa shape index (κ1) is 17.2. The van der Waals surface area contributed by atoms with Crippen LogP contribution in [0.1, 0.15) is 36.7 Å². The summed E-state index contributed by atoms with van der Waals surface area (Å²) in [4.78, 5) is 12.4. The van der Waals surface area contributed by atoms with E-state index in [2.05, 4.69) is 26.1 Å². The van der Waals surface area contributed by atoms with Crippen molar-refractivity contribution >= 4 is 21.4 Å². The Bertz CT molecular complexity index is 799. The molecule has 0 aliphatic heterocycles. The molecule has 23 heavy (non-hydrogen) atoms. The molecule has 0 radical (unpaired) electrons. The summed E-state index contributed by atoms with van der Waals surface area (Å²) in [7, 11) is -3.25. The average Bonchev–Trinajstić information content (AvgIpc) is 2.46. The highest BCUT2D eigenvalue weighted by Gasteiger charge is 2.14. The van der Waals surface area contributed by atoms with E-state index in [1.807, 2.05) is 24.3 Å². The van der Waals surface area contributed by atoms with Crippen molar-refractivity contribution in [2.75, 3.05) is 11.6 Å². The maximum Gasteiger partial charge on any atom is 0.255 e. The second kappa shape index (κ2) is 6.16. The van der Waals surface area contributed by atoms with Crippen molar-refractivity contribution in [1.29, 1.82) is 0 Å². The maximum atomic E-state index is 12.2. The number of rotatable bonds is 3. The first-order chi connectivity index (χ1) is 10.6. The highest BCUT2D eigenvalue weighted by atomic mass is 32.2. The predicted octanol–water partition coefficient (Wildman–Crippen LogP) is 3.64. The molecule has 0 aromatic heterocycles. The number of sulfone groups is 1. The summed E-state index contributed by atoms with van der Waals surface area (Å²) in [6.07, 6.45) is 1.14. The van der Waals surface area contributed by atoms with Gasteiger partial charge < -0.3 is 5.32 Å². The van der Waals surface area contributed by atoms with Crippen LogP contribution < -0.4 is 5.32 Å². The predicted molar refractivity (Wildman–Crippen MR) is 92.6 cm³/mol. The van der Waals surface area contributed by atoms with Gasteiger partial charge in [0.1, 0.15) is 0 Å². The van der Waals surface area contributed by atoms with Gasteiger partial charge in [-0.3, -0.25) is 4.79 Å². The lowest BCUT2D eigenvalue weighted by Gasteiger charge is -2.19. The van der Waals surface area contributed by atoms with Crippen molar-refractivity contribution in [3.05, 3.63) is 59.7 Å². The molecule has 1 amide bonds. The van der Waals surface area contributed by atoms with Crippen molar-refractivity contribution in [3.8, 4) is 0 Å². The highest BCUT2D eigenvalue weighted by Crippen LogP contribution is 2.23. The van der Waals surface area contributed by atoms with E-state index in [0.29, 0.717) is 11.3 Å². The Morgan fingerprint density at radius 1 is 0.913 bits per heavy atom. The number of nitrogens with one attached hydrogen (secondary N) is 1. The fourth-order valence-corrected chi connectivity index (χ4v) is 2.74. The number of hydrogen-bond acceptors (Lipinski definition) is 3. The van der Waals surface area contributed by atoms with Crippen LogP contribution in [0.3, 0.4) is 0 Å². The lowest BCUT2D eigenvalue weighted by atomic mass is 9.87. The zero-order valence-electron chi connectivity index (χ0n) is 13.8. The molecule has 0 spiro atoms. The number of benzene rings is 2. The van der Waals surface area contributed by atoms with Crippen molar-refractivity contribution in [3.63, 3.8) is 0 Å². The van der Waals surface area contributed by atoms with E-state index in [1.165, 1.54) is 29.8 Å². The van der Waals surface area contributed by atoms with Crippen LogP contribution in [0.5, 0.6) is 0 Å². The summed E-state index contributed by atoms with van der Waals surface area (Å²) in [5.41, 5.74) is 2.37. The van der Waals surface area contributed by atoms with E-state index in [1.54, 1.807) is 0 Å². The van der Waals surface area contributed by atoms with Gasteiger partial charge in [-0.25, -0.2) is 8.42 Å². The molecule has 5 heteroatoms. The van der Waals surface area contributed by atoms with Crippen molar-refractivity contribution in [1.82, 2.24) is 0 Å². The minimum atomic E-state index is -3.25. The zero-order valence-corrected chi connectivity index (χ0v) is 14.6. The fourth-order valence-electron chi connectivity index (χ4n) is 2.11. The van der Waals surface area contributed by atoms with Crippen LogP contribution in [0.2, 0.25) is 0 Å². The molecule has 2 rings (SSSR count). The molecule has 2 aromatic rings. The summed E-state index contributed by atoms with van der Waals surface area (Å²) in [6.45, 7) is 6.39. The minimum Gasteiger partial charge on any atom is -0.322 e. The third kappa shape index (κ3) is 4.42. The molecule has 0 heterocycles. The average molecular weight is 331 g/mol. The second-order valence-electron chi connectivity index (χ2n) is 6.58. The fraction of sp³-hybridized carbons (Fsp3) is 0.278. The molecule has 0 aliphatic rings. The molecule has 0 atom stereocenters. The number of amides is 1. The second-order valence-corrected chi connectivity index (χ2v) is 8.59. The Kier molecular flexibility index (Phi) is 4.61. The van der Waals surface area contributed by atoms with Crippen LogP contribution in [0.4, 0.5) is 5.69 Å². The Morgan fingerprint density at radius 2 is 1.43 bits per heavy atom. The van der Waals surface area contributed by atoms with E-state index >= 15 is 0 Å². The van der Waals surface area contributed by atoms with Gasteiger partial charge in [0.15, 0.2) is 9.84 Å². The highest BCUT2D eigenvalue weighted by molar-refractivity contribution is 7.90. The van der Waals surface area contributed by atoms with Gasteiger partial charge >= 0.3 is 0 Å². The zero-order chi connectivity index (χ0) is 17.3. The van der Waals surface area contributed by atoms with Gasteiger partial charge in [-0.2, -0.15) is 0 Å². The molecule has 4 nitrogen and oxygen atoms in total. The van der Waals surface area contributed by atoms with Gasteiger partial charge in [-0.15, -0.1) is 0 Å². The third-order valence-electron chi connectivity index (χ3n) is 3.55. The quantitative estimate of drug-likeness (QED) is 0.934. The van der Waals surface area contributed by atoms with E-state index in [9.17, 15) is 13.2 Å². The molecule has 0 saturated carbocycles. The Balaban J connectivity index is 2.13. The normalized spacial score (nSPS) is 12.0. The molecular formula is C18H21NO3S. The van der Waals surface area contributed by atoms with E-state index in [-0.39, 0.29) is 16.2 Å². The molecule has 1 N–H and O–H groups in total. The van der Waals surface area contributed by atoms with Gasteiger partial charge in [0, 0.05) is 17.5 Å². The van der Waals surface area contributed by atoms with Crippen LogP contribution >= 0.6 is 0 Å². The van der Waals surface area contributed by atoms with Gasteiger partial charge in [-0.05, 0) is 47.4 Å². The summed E-state index contributed by atoms with van der Waals surface area (Å²) < 4.78 is 22.8. The van der Waals surface area contributed by atoms with Crippen LogP contribution in [0.25, 0.3) is 0 Å². The molecule has 0 bridgehead atoms. The maximum absolute atomic E-state index is 12.2. The Labute approximate surface area is 137 Å².